The van der Waals surface area contributed by atoms with Gasteiger partial charge in [0.2, 0.25) is 0 Å². The Morgan fingerprint density at radius 2 is 2.07 bits per heavy atom. The average Bonchev–Trinajstić information content (AvgIpc) is 3.20. The van der Waals surface area contributed by atoms with Gasteiger partial charge in [0.15, 0.2) is 0 Å². The molecule has 0 radical (unpaired) electrons. The number of nitrogens with zero attached hydrogens (tertiary/aromatic N) is 1. The van der Waals surface area contributed by atoms with Gasteiger partial charge in [0.25, 0.3) is 0 Å². The van der Waals surface area contributed by atoms with Crippen molar-refractivity contribution < 1.29 is 19.6 Å². The first-order valence-corrected chi connectivity index (χ1v) is 10.7. The van der Waals surface area contributed by atoms with Crippen LogP contribution in [0.25, 0.3) is 0 Å². The normalized spacial score (nSPS) is 21.4. The number of likely N-dealkylation sites (N-methyl/N-ethyl adjacent to an activating group) is 1. The van der Waals surface area contributed by atoms with E-state index >= 15 is 0 Å². The van der Waals surface area contributed by atoms with Crippen molar-refractivity contribution in [2.24, 2.45) is 4.99 Å². The first-order valence-electron chi connectivity index (χ1n) is 9.82. The van der Waals surface area contributed by atoms with Crippen LogP contribution in [0.1, 0.15) is 29.8 Å². The van der Waals surface area contributed by atoms with Crippen molar-refractivity contribution >= 4 is 17.6 Å². The van der Waals surface area contributed by atoms with Crippen molar-refractivity contribution in [3.63, 3.8) is 0 Å². The number of nitrogens with one attached hydrogen (secondary N) is 2. The summed E-state index contributed by atoms with van der Waals surface area (Å²) in [4.78, 5) is 9.33. The largest absolute Gasteiger partial charge is 0.507 e. The van der Waals surface area contributed by atoms with Gasteiger partial charge in [-0.1, -0.05) is 13.0 Å². The third-order valence-corrected chi connectivity index (χ3v) is 6.10. The molecular weight excluding hydrogens is 358 g/mol. The van der Waals surface area contributed by atoms with Gasteiger partial charge in [0, 0.05) is 17.8 Å². The fraction of sp³-hybridized carbons (Fsp3) is 0.476. The Bertz CT molecular complexity index is 725. The van der Waals surface area contributed by atoms with E-state index < -0.39 is 0 Å². The van der Waals surface area contributed by atoms with Crippen LogP contribution in [0.4, 0.5) is 0 Å². The molecule has 6 heteroatoms. The predicted octanol–water partition coefficient (Wildman–Crippen LogP) is 0.816. The molecule has 3 rings (SSSR count). The molecule has 0 spiro atoms. The number of aromatic hydroxyl groups is 1. The lowest BCUT2D eigenvalue weighted by molar-refractivity contribution is -1.02. The zero-order chi connectivity index (χ0) is 19.1. The third-order valence-electron chi connectivity index (χ3n) is 5.12. The predicted molar refractivity (Wildman–Crippen MR) is 111 cm³/mol. The van der Waals surface area contributed by atoms with Crippen molar-refractivity contribution in [3.05, 3.63) is 46.2 Å². The van der Waals surface area contributed by atoms with Gasteiger partial charge in [-0.15, -0.1) is 11.3 Å². The SMILES string of the molecule is CCCOc1ccc(C=NC[C@@H](c2cccs2)[NH+]2CC[NH+](C)CC2)c(O)c1. The molecule has 1 aromatic carbocycles. The molecule has 1 aromatic heterocycles. The molecule has 0 unspecified atom stereocenters. The fourth-order valence-corrected chi connectivity index (χ4v) is 4.33. The van der Waals surface area contributed by atoms with Crippen LogP contribution in [0.3, 0.4) is 0 Å². The van der Waals surface area contributed by atoms with E-state index in [0.717, 1.165) is 18.5 Å². The number of hydrogen-bond donors (Lipinski definition) is 3. The number of phenols is 1. The average molecular weight is 390 g/mol. The molecule has 1 aliphatic heterocycles. The van der Waals surface area contributed by atoms with Gasteiger partial charge in [0.1, 0.15) is 43.7 Å². The highest BCUT2D eigenvalue weighted by Crippen LogP contribution is 2.23. The van der Waals surface area contributed by atoms with E-state index in [2.05, 4.69) is 31.5 Å². The van der Waals surface area contributed by atoms with Crippen LogP contribution < -0.4 is 14.5 Å². The highest BCUT2D eigenvalue weighted by molar-refractivity contribution is 7.10. The molecule has 3 N–H and O–H groups in total. The van der Waals surface area contributed by atoms with E-state index in [1.807, 2.05) is 23.5 Å². The topological polar surface area (TPSA) is 50.7 Å². The molecule has 5 nitrogen and oxygen atoms in total. The van der Waals surface area contributed by atoms with Gasteiger partial charge in [-0.25, -0.2) is 0 Å². The monoisotopic (exact) mass is 389 g/mol. The Kier molecular flexibility index (Phi) is 7.26. The van der Waals surface area contributed by atoms with E-state index in [4.69, 9.17) is 9.73 Å². The summed E-state index contributed by atoms with van der Waals surface area (Å²) in [5.74, 6) is 0.919. The summed E-state index contributed by atoms with van der Waals surface area (Å²) >= 11 is 1.82. The van der Waals surface area contributed by atoms with Crippen molar-refractivity contribution in [2.45, 2.75) is 19.4 Å². The summed E-state index contributed by atoms with van der Waals surface area (Å²) in [7, 11) is 2.27. The Morgan fingerprint density at radius 1 is 1.26 bits per heavy atom. The van der Waals surface area contributed by atoms with Crippen LogP contribution in [0.5, 0.6) is 11.5 Å². The second-order valence-electron chi connectivity index (χ2n) is 7.25. The van der Waals surface area contributed by atoms with E-state index in [-0.39, 0.29) is 5.75 Å². The van der Waals surface area contributed by atoms with Gasteiger partial charge in [-0.2, -0.15) is 0 Å². The van der Waals surface area contributed by atoms with E-state index in [1.54, 1.807) is 22.1 Å². The number of thiophene rings is 1. The molecule has 0 aliphatic carbocycles. The molecular formula is C21H31N3O2S+2. The van der Waals surface area contributed by atoms with Gasteiger partial charge in [-0.05, 0) is 30.0 Å². The number of rotatable bonds is 8. The van der Waals surface area contributed by atoms with Crippen LogP contribution in [-0.4, -0.2) is 57.7 Å². The van der Waals surface area contributed by atoms with Gasteiger partial charge in [-0.3, -0.25) is 4.99 Å². The lowest BCUT2D eigenvalue weighted by Gasteiger charge is -2.32. The molecule has 27 heavy (non-hydrogen) atoms. The molecule has 0 amide bonds. The van der Waals surface area contributed by atoms with Crippen molar-refractivity contribution in [1.29, 1.82) is 0 Å². The van der Waals surface area contributed by atoms with E-state index in [9.17, 15) is 5.11 Å². The van der Waals surface area contributed by atoms with Gasteiger partial charge < -0.3 is 19.6 Å². The van der Waals surface area contributed by atoms with Gasteiger partial charge >= 0.3 is 0 Å². The zero-order valence-corrected chi connectivity index (χ0v) is 17.1. The molecule has 2 aromatic rings. The number of benzene rings is 1. The number of aliphatic imine (C=N–C) groups is 1. The zero-order valence-electron chi connectivity index (χ0n) is 16.3. The summed E-state index contributed by atoms with van der Waals surface area (Å²) in [6.07, 6.45) is 2.74. The maximum absolute atomic E-state index is 10.2. The summed E-state index contributed by atoms with van der Waals surface area (Å²) < 4.78 is 5.56. The number of piperazine rings is 1. The van der Waals surface area contributed by atoms with Crippen molar-refractivity contribution in [1.82, 2.24) is 0 Å². The Hall–Kier alpha value is -1.89. The molecule has 1 saturated heterocycles. The quantitative estimate of drug-likeness (QED) is 0.586. The summed E-state index contributed by atoms with van der Waals surface area (Å²) in [5, 5.41) is 12.4. The van der Waals surface area contributed by atoms with E-state index in [1.165, 1.54) is 31.1 Å². The number of phenolic OH excluding ortho intramolecular Hbond substituents is 1. The maximum atomic E-state index is 10.2. The standard InChI is InChI=1S/C21H29N3O2S/c1-3-12-26-18-7-6-17(20(25)14-18)15-22-16-19(21-5-4-13-27-21)24-10-8-23(2)9-11-24/h4-7,13-15,19,25H,3,8-12,16H2,1-2H3/p+2/t19-/m0/s1. The third kappa shape index (κ3) is 5.54. The van der Waals surface area contributed by atoms with Gasteiger partial charge in [0.05, 0.1) is 25.1 Å². The molecule has 2 heterocycles. The second kappa shape index (κ2) is 9.88. The molecule has 1 atom stereocenters. The second-order valence-corrected chi connectivity index (χ2v) is 8.23. The Balaban J connectivity index is 1.66. The Morgan fingerprint density at radius 3 is 2.74 bits per heavy atom. The fourth-order valence-electron chi connectivity index (χ4n) is 3.45. The summed E-state index contributed by atoms with van der Waals surface area (Å²) in [5.41, 5.74) is 0.738. The lowest BCUT2D eigenvalue weighted by Crippen LogP contribution is -3.27. The molecule has 0 bridgehead atoms. The Labute approximate surface area is 165 Å². The summed E-state index contributed by atoms with van der Waals surface area (Å²) in [6, 6.07) is 10.2. The van der Waals surface area contributed by atoms with Crippen molar-refractivity contribution in [3.8, 4) is 11.5 Å². The minimum absolute atomic E-state index is 0.218. The van der Waals surface area contributed by atoms with Crippen molar-refractivity contribution in [2.75, 3.05) is 46.4 Å². The maximum Gasteiger partial charge on any atom is 0.142 e. The molecule has 0 saturated carbocycles. The minimum atomic E-state index is 0.218. The van der Waals surface area contributed by atoms with Crippen LogP contribution in [0, 0.1) is 0 Å². The number of hydrogen-bond acceptors (Lipinski definition) is 4. The van der Waals surface area contributed by atoms with E-state index in [0.29, 0.717) is 18.4 Å². The smallest absolute Gasteiger partial charge is 0.142 e. The van der Waals surface area contributed by atoms with Crippen LogP contribution in [0.2, 0.25) is 0 Å². The first-order chi connectivity index (χ1) is 13.2. The van der Waals surface area contributed by atoms with Crippen LogP contribution >= 0.6 is 11.3 Å². The first kappa shape index (κ1) is 19.9. The molecule has 1 aliphatic rings. The van der Waals surface area contributed by atoms with Crippen LogP contribution in [-0.2, 0) is 0 Å². The number of ether oxygens (including phenoxy) is 1. The molecule has 1 fully saturated rings. The highest BCUT2D eigenvalue weighted by Gasteiger charge is 2.29. The minimum Gasteiger partial charge on any atom is -0.507 e. The highest BCUT2D eigenvalue weighted by atomic mass is 32.1. The summed E-state index contributed by atoms with van der Waals surface area (Å²) in [6.45, 7) is 8.24. The number of quaternary nitrogens is 2. The van der Waals surface area contributed by atoms with Crippen LogP contribution in [0.15, 0.2) is 40.7 Å². The lowest BCUT2D eigenvalue weighted by atomic mass is 10.1. The molecule has 146 valence electrons.